The lowest BCUT2D eigenvalue weighted by Crippen LogP contribution is -2.13. The molecule has 0 unspecified atom stereocenters. The summed E-state index contributed by atoms with van der Waals surface area (Å²) in [6.07, 6.45) is 6.56. The van der Waals surface area contributed by atoms with Gasteiger partial charge in [0.25, 0.3) is 0 Å². The van der Waals surface area contributed by atoms with E-state index in [2.05, 4.69) is 42.9 Å². The average molecular weight is 328 g/mol. The van der Waals surface area contributed by atoms with Crippen LogP contribution in [-0.2, 0) is 20.0 Å². The van der Waals surface area contributed by atoms with E-state index in [4.69, 9.17) is 0 Å². The normalized spacial score (nSPS) is 12.7. The number of nitrogens with zero attached hydrogens (tertiary/aromatic N) is 6. The smallest absolute Gasteiger partial charge is 0.184 e. The zero-order valence-corrected chi connectivity index (χ0v) is 13.8. The molecule has 0 saturated heterocycles. The van der Waals surface area contributed by atoms with Crippen molar-refractivity contribution in [3.8, 4) is 34.0 Å². The fourth-order valence-electron chi connectivity index (χ4n) is 3.32. The van der Waals surface area contributed by atoms with E-state index in [0.29, 0.717) is 0 Å². The minimum atomic E-state index is 0.811. The fraction of sp³-hybridized carbons (Fsp3) is 0.158. The second kappa shape index (κ2) is 5.37. The lowest BCUT2D eigenvalue weighted by molar-refractivity contribution is 0.674. The molecule has 1 aliphatic heterocycles. The number of fused-ring (bicyclic) bond motifs is 3. The van der Waals surface area contributed by atoms with Crippen LogP contribution in [0.25, 0.3) is 34.0 Å². The molecular weight excluding hydrogens is 312 g/mol. The van der Waals surface area contributed by atoms with Gasteiger partial charge in [-0.1, -0.05) is 30.3 Å². The topological polar surface area (TPSA) is 61.4 Å². The van der Waals surface area contributed by atoms with Gasteiger partial charge in [0.05, 0.1) is 12.0 Å². The maximum absolute atomic E-state index is 4.68. The van der Waals surface area contributed by atoms with Crippen molar-refractivity contribution in [1.29, 1.82) is 0 Å². The van der Waals surface area contributed by atoms with Crippen LogP contribution in [0.5, 0.6) is 0 Å². The number of rotatable bonds is 2. The lowest BCUT2D eigenvalue weighted by Gasteiger charge is -2.18. The van der Waals surface area contributed by atoms with Gasteiger partial charge in [0, 0.05) is 43.5 Å². The van der Waals surface area contributed by atoms with Crippen LogP contribution < -0.4 is 0 Å². The number of aromatic nitrogens is 6. The molecule has 0 spiro atoms. The van der Waals surface area contributed by atoms with Crippen molar-refractivity contribution in [2.45, 2.75) is 13.0 Å². The Bertz CT molecular complexity index is 1060. The Labute approximate surface area is 144 Å². The first-order chi connectivity index (χ1) is 12.3. The summed E-state index contributed by atoms with van der Waals surface area (Å²) in [5.41, 5.74) is 5.22. The summed E-state index contributed by atoms with van der Waals surface area (Å²) in [7, 11) is 1.95. The summed E-state index contributed by atoms with van der Waals surface area (Å²) in [5.74, 6) is 1.68. The van der Waals surface area contributed by atoms with Crippen LogP contribution in [0.3, 0.4) is 0 Å². The van der Waals surface area contributed by atoms with Gasteiger partial charge in [0.2, 0.25) is 0 Å². The van der Waals surface area contributed by atoms with E-state index in [1.807, 2.05) is 42.2 Å². The van der Waals surface area contributed by atoms with Gasteiger partial charge in [-0.15, -0.1) is 10.2 Å². The third-order valence-corrected chi connectivity index (χ3v) is 4.58. The fourth-order valence-corrected chi connectivity index (χ4v) is 3.32. The summed E-state index contributed by atoms with van der Waals surface area (Å²) in [4.78, 5) is 9.09. The molecule has 0 fully saturated rings. The summed E-state index contributed by atoms with van der Waals surface area (Å²) < 4.78 is 4.06. The molecule has 25 heavy (non-hydrogen) atoms. The number of pyridine rings is 1. The molecule has 1 aromatic carbocycles. The monoisotopic (exact) mass is 328 g/mol. The Morgan fingerprint density at radius 3 is 2.60 bits per heavy atom. The molecule has 4 aromatic rings. The van der Waals surface area contributed by atoms with E-state index in [9.17, 15) is 0 Å². The van der Waals surface area contributed by atoms with Gasteiger partial charge >= 0.3 is 0 Å². The van der Waals surface area contributed by atoms with Gasteiger partial charge in [-0.05, 0) is 11.6 Å². The molecule has 122 valence electrons. The Hall–Kier alpha value is -3.28. The number of imidazole rings is 1. The van der Waals surface area contributed by atoms with Crippen molar-refractivity contribution in [1.82, 2.24) is 29.3 Å². The Kier molecular flexibility index (Phi) is 3.03. The van der Waals surface area contributed by atoms with Crippen molar-refractivity contribution in [3.63, 3.8) is 0 Å². The van der Waals surface area contributed by atoms with Crippen molar-refractivity contribution in [2.75, 3.05) is 0 Å². The largest absolute Gasteiger partial charge is 0.340 e. The SMILES string of the molecule is Cn1cnc(-c2nnc3n2CCc2ncc(-c4ccccc4)cc2-3)c1. The van der Waals surface area contributed by atoms with Gasteiger partial charge in [0.15, 0.2) is 11.6 Å². The molecule has 0 saturated carbocycles. The molecule has 0 bridgehead atoms. The molecular formula is C19H16N6. The van der Waals surface area contributed by atoms with Crippen LogP contribution in [0.1, 0.15) is 5.69 Å². The molecule has 0 atom stereocenters. The van der Waals surface area contributed by atoms with Crippen LogP contribution >= 0.6 is 0 Å². The highest BCUT2D eigenvalue weighted by Crippen LogP contribution is 2.33. The first-order valence-corrected chi connectivity index (χ1v) is 8.26. The predicted octanol–water partition coefficient (Wildman–Crippen LogP) is 2.96. The maximum atomic E-state index is 4.68. The average Bonchev–Trinajstić information content (AvgIpc) is 3.28. The lowest BCUT2D eigenvalue weighted by atomic mass is 10.0. The third-order valence-electron chi connectivity index (χ3n) is 4.58. The molecule has 1 aliphatic rings. The first-order valence-electron chi connectivity index (χ1n) is 8.26. The van der Waals surface area contributed by atoms with Gasteiger partial charge < -0.3 is 9.13 Å². The van der Waals surface area contributed by atoms with E-state index in [1.165, 1.54) is 0 Å². The molecule has 5 rings (SSSR count). The number of hydrogen-bond acceptors (Lipinski definition) is 4. The second-order valence-electron chi connectivity index (χ2n) is 6.26. The van der Waals surface area contributed by atoms with E-state index in [0.717, 1.165) is 52.7 Å². The predicted molar refractivity (Wildman–Crippen MR) is 94.6 cm³/mol. The van der Waals surface area contributed by atoms with Crippen LogP contribution in [0, 0.1) is 0 Å². The molecule has 6 heteroatoms. The quantitative estimate of drug-likeness (QED) is 0.567. The zero-order valence-electron chi connectivity index (χ0n) is 13.8. The van der Waals surface area contributed by atoms with Crippen LogP contribution in [0.2, 0.25) is 0 Å². The minimum Gasteiger partial charge on any atom is -0.340 e. The Morgan fingerprint density at radius 2 is 1.80 bits per heavy atom. The summed E-state index contributed by atoms with van der Waals surface area (Å²) in [6, 6.07) is 12.4. The Morgan fingerprint density at radius 1 is 0.960 bits per heavy atom. The van der Waals surface area contributed by atoms with Crippen LogP contribution in [0.15, 0.2) is 55.1 Å². The zero-order chi connectivity index (χ0) is 16.8. The van der Waals surface area contributed by atoms with Crippen LogP contribution in [-0.4, -0.2) is 29.3 Å². The molecule has 0 radical (unpaired) electrons. The summed E-state index contributed by atoms with van der Waals surface area (Å²) in [5, 5.41) is 8.83. The maximum Gasteiger partial charge on any atom is 0.184 e. The van der Waals surface area contributed by atoms with Crippen molar-refractivity contribution >= 4 is 0 Å². The minimum absolute atomic E-state index is 0.811. The van der Waals surface area contributed by atoms with Gasteiger partial charge in [0.1, 0.15) is 5.69 Å². The van der Waals surface area contributed by atoms with Crippen molar-refractivity contribution in [3.05, 3.63) is 60.8 Å². The molecule has 0 aliphatic carbocycles. The van der Waals surface area contributed by atoms with Gasteiger partial charge in [-0.3, -0.25) is 4.98 Å². The highest BCUT2D eigenvalue weighted by atomic mass is 15.3. The van der Waals surface area contributed by atoms with E-state index in [1.54, 1.807) is 6.33 Å². The van der Waals surface area contributed by atoms with E-state index in [-0.39, 0.29) is 0 Å². The highest BCUT2D eigenvalue weighted by molar-refractivity contribution is 5.72. The third kappa shape index (κ3) is 2.26. The molecule has 0 amide bonds. The van der Waals surface area contributed by atoms with Crippen molar-refractivity contribution in [2.24, 2.45) is 7.05 Å². The summed E-state index contributed by atoms with van der Waals surface area (Å²) in [6.45, 7) is 0.818. The van der Waals surface area contributed by atoms with Gasteiger partial charge in [-0.25, -0.2) is 4.98 Å². The molecule has 3 aromatic heterocycles. The first kappa shape index (κ1) is 14.1. The summed E-state index contributed by atoms with van der Waals surface area (Å²) >= 11 is 0. The van der Waals surface area contributed by atoms with Crippen LogP contribution in [0.4, 0.5) is 0 Å². The number of hydrogen-bond donors (Lipinski definition) is 0. The standard InChI is InChI=1S/C19H16N6/c1-24-11-17(21-12-24)19-23-22-18-15-9-14(13-5-3-2-4-6-13)10-20-16(15)7-8-25(18)19/h2-6,9-12H,7-8H2,1H3. The number of benzene rings is 1. The van der Waals surface area contributed by atoms with Gasteiger partial charge in [-0.2, -0.15) is 0 Å². The molecule has 6 nitrogen and oxygen atoms in total. The molecule has 0 N–H and O–H groups in total. The van der Waals surface area contributed by atoms with E-state index < -0.39 is 0 Å². The van der Waals surface area contributed by atoms with Crippen molar-refractivity contribution < 1.29 is 0 Å². The second-order valence-corrected chi connectivity index (χ2v) is 6.26. The Balaban J connectivity index is 1.64. The highest BCUT2D eigenvalue weighted by Gasteiger charge is 2.24. The molecule has 4 heterocycles. The number of aryl methyl sites for hydroxylation is 2. The van der Waals surface area contributed by atoms with E-state index >= 15 is 0 Å².